The summed E-state index contributed by atoms with van der Waals surface area (Å²) in [7, 11) is 0. The van der Waals surface area contributed by atoms with E-state index < -0.39 is 29.6 Å². The zero-order chi connectivity index (χ0) is 22.4. The van der Waals surface area contributed by atoms with Crippen LogP contribution in [0, 0.1) is 23.2 Å². The van der Waals surface area contributed by atoms with E-state index in [1.807, 2.05) is 19.3 Å². The molecule has 4 aliphatic rings. The van der Waals surface area contributed by atoms with Crippen LogP contribution >= 0.6 is 0 Å². The Kier molecular flexibility index (Phi) is 5.73. The van der Waals surface area contributed by atoms with Gasteiger partial charge in [-0.15, -0.1) is 0 Å². The zero-order valence-electron chi connectivity index (χ0n) is 18.0. The van der Waals surface area contributed by atoms with Crippen LogP contribution in [0.5, 0.6) is 0 Å². The molecule has 0 atom stereocenters. The molecular formula is C24H29F3N2O2. The van der Waals surface area contributed by atoms with Gasteiger partial charge in [0.15, 0.2) is 0 Å². The van der Waals surface area contributed by atoms with Crippen LogP contribution in [0.3, 0.4) is 0 Å². The van der Waals surface area contributed by atoms with Crippen LogP contribution in [0.1, 0.15) is 80.6 Å². The molecule has 0 radical (unpaired) electrons. The van der Waals surface area contributed by atoms with Crippen molar-refractivity contribution in [3.05, 3.63) is 35.4 Å². The topological polar surface area (TPSA) is 58.5 Å². The van der Waals surface area contributed by atoms with Crippen molar-refractivity contribution in [1.82, 2.24) is 5.43 Å². The lowest BCUT2D eigenvalue weighted by atomic mass is 9.48. The summed E-state index contributed by atoms with van der Waals surface area (Å²) in [5, 5.41) is 3.37. The maximum atomic E-state index is 13.6. The van der Waals surface area contributed by atoms with E-state index in [-0.39, 0.29) is 17.3 Å². The van der Waals surface area contributed by atoms with Crippen molar-refractivity contribution >= 4 is 17.4 Å². The number of hydrogen-bond donors (Lipinski definition) is 1. The second-order valence-electron chi connectivity index (χ2n) is 10.1. The smallest absolute Gasteiger partial charge is 0.299 e. The number of rotatable bonds is 6. The number of hydrazone groups is 1. The zero-order valence-corrected chi connectivity index (χ0v) is 18.0. The van der Waals surface area contributed by atoms with Crippen LogP contribution in [0.2, 0.25) is 0 Å². The van der Waals surface area contributed by atoms with E-state index in [1.165, 1.54) is 0 Å². The summed E-state index contributed by atoms with van der Waals surface area (Å²) >= 11 is 0. The van der Waals surface area contributed by atoms with E-state index in [2.05, 4.69) is 5.10 Å². The van der Waals surface area contributed by atoms with E-state index >= 15 is 0 Å². The van der Waals surface area contributed by atoms with E-state index in [9.17, 15) is 22.8 Å². The number of benzene rings is 1. The molecule has 1 aromatic carbocycles. The average Bonchev–Trinajstić information content (AvgIpc) is 2.68. The largest absolute Gasteiger partial charge is 0.431 e. The third-order valence-corrected chi connectivity index (χ3v) is 7.42. The summed E-state index contributed by atoms with van der Waals surface area (Å²) in [5.41, 5.74) is 1.41. The number of halogens is 3. The maximum Gasteiger partial charge on any atom is 0.431 e. The minimum atomic E-state index is -4.77. The van der Waals surface area contributed by atoms with E-state index in [0.717, 1.165) is 24.8 Å². The van der Waals surface area contributed by atoms with E-state index in [4.69, 9.17) is 0 Å². The van der Waals surface area contributed by atoms with E-state index in [1.54, 1.807) is 24.3 Å². The van der Waals surface area contributed by atoms with Crippen molar-refractivity contribution < 1.29 is 22.8 Å². The molecule has 1 N–H and O–H groups in total. The quantitative estimate of drug-likeness (QED) is 0.466. The molecule has 4 aliphatic carbocycles. The number of Topliss-reactive ketones (excluding diaryl/α,β-unsaturated/α-hetero) is 1. The van der Waals surface area contributed by atoms with Crippen LogP contribution in [-0.4, -0.2) is 23.6 Å². The number of amides is 1. The monoisotopic (exact) mass is 434 g/mol. The number of carbonyl (C=O) groups excluding carboxylic acids is 2. The molecule has 0 aliphatic heterocycles. The summed E-state index contributed by atoms with van der Waals surface area (Å²) < 4.78 is 40.8. The summed E-state index contributed by atoms with van der Waals surface area (Å²) in [6.45, 7) is 4.02. The molecular weight excluding hydrogens is 405 g/mol. The minimum Gasteiger partial charge on any atom is -0.299 e. The van der Waals surface area contributed by atoms with Crippen molar-refractivity contribution in [2.24, 2.45) is 28.3 Å². The predicted molar refractivity (Wildman–Crippen MR) is 112 cm³/mol. The molecule has 4 nitrogen and oxygen atoms in total. The van der Waals surface area contributed by atoms with Gasteiger partial charge in [-0.05, 0) is 79.9 Å². The Hall–Kier alpha value is -2.18. The first-order chi connectivity index (χ1) is 14.6. The lowest BCUT2D eigenvalue weighted by Crippen LogP contribution is -2.50. The van der Waals surface area contributed by atoms with E-state index in [0.29, 0.717) is 37.0 Å². The molecule has 7 heteroatoms. The standard InChI is InChI=1S/C24H29F3N2O2/c1-14(2)18-3-5-19(6-4-18)22(31)29-28-20(24(25,26)27)10-21(30)23-11-15-7-16(12-23)9-17(8-15)13-23/h3-6,14-17H,7-13H2,1-2H3,(H,29,31). The van der Waals surface area contributed by atoms with Gasteiger partial charge < -0.3 is 0 Å². The van der Waals surface area contributed by atoms with Gasteiger partial charge in [-0.25, -0.2) is 5.43 Å². The van der Waals surface area contributed by atoms with Crippen molar-refractivity contribution in [2.75, 3.05) is 0 Å². The number of ketones is 1. The SMILES string of the molecule is CC(C)c1ccc(C(=O)NN=C(CC(=O)C23CC4CC(CC(C4)C2)C3)C(F)(F)F)cc1. The molecule has 168 valence electrons. The van der Waals surface area contributed by atoms with Gasteiger partial charge in [0.05, 0.1) is 6.42 Å². The van der Waals surface area contributed by atoms with Crippen LogP contribution < -0.4 is 5.43 Å². The first-order valence-electron chi connectivity index (χ1n) is 11.1. The Bertz CT molecular complexity index is 852. The summed E-state index contributed by atoms with van der Waals surface area (Å²) in [5.74, 6) is 0.597. The van der Waals surface area contributed by atoms with Crippen molar-refractivity contribution in [1.29, 1.82) is 0 Å². The highest BCUT2D eigenvalue weighted by Gasteiger charge is 2.55. The first-order valence-corrected chi connectivity index (χ1v) is 11.1. The van der Waals surface area contributed by atoms with Crippen LogP contribution in [0.4, 0.5) is 13.2 Å². The highest BCUT2D eigenvalue weighted by atomic mass is 19.4. The van der Waals surface area contributed by atoms with Crippen molar-refractivity contribution in [2.45, 2.75) is 70.9 Å². The third-order valence-electron chi connectivity index (χ3n) is 7.42. The minimum absolute atomic E-state index is 0.224. The van der Waals surface area contributed by atoms with Gasteiger partial charge in [0, 0.05) is 11.0 Å². The molecule has 1 aromatic rings. The average molecular weight is 435 g/mol. The molecule has 4 fully saturated rings. The normalized spacial score (nSPS) is 30.0. The number of alkyl halides is 3. The fraction of sp³-hybridized carbons (Fsp3) is 0.625. The Morgan fingerprint density at radius 2 is 1.55 bits per heavy atom. The Labute approximate surface area is 180 Å². The molecule has 0 heterocycles. The number of nitrogens with zero attached hydrogens (tertiary/aromatic N) is 1. The van der Waals surface area contributed by atoms with Gasteiger partial charge >= 0.3 is 6.18 Å². The fourth-order valence-electron chi connectivity index (χ4n) is 6.20. The Morgan fingerprint density at radius 1 is 1.03 bits per heavy atom. The van der Waals surface area contributed by atoms with Gasteiger partial charge in [0.2, 0.25) is 0 Å². The third kappa shape index (κ3) is 4.55. The van der Waals surface area contributed by atoms with Gasteiger partial charge in [-0.3, -0.25) is 9.59 Å². The van der Waals surface area contributed by atoms with Crippen LogP contribution in [0.15, 0.2) is 29.4 Å². The molecule has 0 saturated heterocycles. The molecule has 4 bridgehead atoms. The highest BCUT2D eigenvalue weighted by molar-refractivity contribution is 6.07. The van der Waals surface area contributed by atoms with Crippen molar-refractivity contribution in [3.63, 3.8) is 0 Å². The summed E-state index contributed by atoms with van der Waals surface area (Å²) in [4.78, 5) is 25.4. The summed E-state index contributed by atoms with van der Waals surface area (Å²) in [6, 6.07) is 6.66. The number of nitrogens with one attached hydrogen (secondary N) is 1. The molecule has 0 aromatic heterocycles. The first kappa shape index (κ1) is 22.0. The van der Waals surface area contributed by atoms with Gasteiger partial charge in [0.1, 0.15) is 11.5 Å². The van der Waals surface area contributed by atoms with Crippen LogP contribution in [0.25, 0.3) is 0 Å². The van der Waals surface area contributed by atoms with Crippen LogP contribution in [-0.2, 0) is 4.79 Å². The molecule has 4 saturated carbocycles. The molecule has 0 spiro atoms. The highest BCUT2D eigenvalue weighted by Crippen LogP contribution is 2.60. The maximum absolute atomic E-state index is 13.6. The molecule has 31 heavy (non-hydrogen) atoms. The van der Waals surface area contributed by atoms with Gasteiger partial charge in [-0.2, -0.15) is 18.3 Å². The number of hydrogen-bond acceptors (Lipinski definition) is 3. The Morgan fingerprint density at radius 3 is 2.00 bits per heavy atom. The molecule has 0 unspecified atom stereocenters. The molecule has 1 amide bonds. The van der Waals surface area contributed by atoms with Crippen molar-refractivity contribution in [3.8, 4) is 0 Å². The van der Waals surface area contributed by atoms with Gasteiger partial charge in [-0.1, -0.05) is 26.0 Å². The number of carbonyl (C=O) groups is 2. The Balaban J connectivity index is 1.47. The molecule has 5 rings (SSSR count). The predicted octanol–water partition coefficient (Wildman–Crippen LogP) is 5.63. The summed E-state index contributed by atoms with van der Waals surface area (Å²) in [6.07, 6.45) is -0.100. The second-order valence-corrected chi connectivity index (χ2v) is 10.1. The fourth-order valence-corrected chi connectivity index (χ4v) is 6.20. The second kappa shape index (κ2) is 8.06. The van der Waals surface area contributed by atoms with Gasteiger partial charge in [0.25, 0.3) is 5.91 Å². The lowest BCUT2D eigenvalue weighted by molar-refractivity contribution is -0.143. The lowest BCUT2D eigenvalue weighted by Gasteiger charge is -2.56.